The zero-order valence-electron chi connectivity index (χ0n) is 64.5. The number of benzene rings is 3. The molecule has 1 saturated heterocycles. The number of carbonyl (C=O) groups is 13. The van der Waals surface area contributed by atoms with E-state index in [1.54, 1.807) is 39.8 Å². The summed E-state index contributed by atoms with van der Waals surface area (Å²) in [6, 6.07) is 6.35. The van der Waals surface area contributed by atoms with Crippen molar-refractivity contribution in [1.82, 2.24) is 73.0 Å². The molecule has 13 atom stereocenters. The minimum absolute atomic E-state index is 0.000392. The van der Waals surface area contributed by atoms with Crippen LogP contribution in [0.1, 0.15) is 127 Å². The molecule has 3 aromatic carbocycles. The van der Waals surface area contributed by atoms with Crippen LogP contribution in [0, 0.1) is 5.41 Å². The largest absolute Gasteiger partial charge is 0.508 e. The number of phenolic OH excluding ortho intramolecular Hbond substituents is 2. The van der Waals surface area contributed by atoms with Crippen molar-refractivity contribution in [1.29, 1.82) is 0 Å². The molecule has 1 fully saturated rings. The number of carboxylic acids is 1. The topological polar surface area (TPSA) is 531 Å². The number of aromatic hydroxyl groups is 2. The third-order valence-electron chi connectivity index (χ3n) is 19.6. The number of primary amides is 1. The lowest BCUT2D eigenvalue weighted by atomic mass is 9.85. The molecule has 2 aliphatic rings. The Morgan fingerprint density at radius 1 is 0.632 bits per heavy atom. The number of rotatable bonds is 16. The maximum absolute atomic E-state index is 15.3. The van der Waals surface area contributed by atoms with Gasteiger partial charge in [-0.15, -0.1) is 0 Å². The molecule has 114 heavy (non-hydrogen) atoms. The van der Waals surface area contributed by atoms with Crippen LogP contribution >= 0.6 is 23.5 Å². The van der Waals surface area contributed by atoms with Gasteiger partial charge in [0.15, 0.2) is 0 Å². The van der Waals surface area contributed by atoms with Crippen LogP contribution < -0.4 is 63.9 Å². The number of pyridine rings is 1. The third-order valence-corrected chi connectivity index (χ3v) is 21.8. The Morgan fingerprint density at radius 2 is 1.17 bits per heavy atom. The highest BCUT2D eigenvalue weighted by Crippen LogP contribution is 2.32. The molecule has 0 radical (unpaired) electrons. The number of nitrogens with two attached hydrogens (primary N) is 1. The number of aliphatic hydroxyl groups is 2. The van der Waals surface area contributed by atoms with E-state index >= 15 is 9.59 Å². The number of H-pyrrole nitrogens is 3. The molecule has 2 bridgehead atoms. The smallest absolute Gasteiger partial charge is 0.303 e. The molecule has 12 amide bonds. The number of hydrogen-bond donors (Lipinski definition) is 18. The average molecular weight is 1620 g/mol. The summed E-state index contributed by atoms with van der Waals surface area (Å²) in [7, 11) is 0. The van der Waals surface area contributed by atoms with E-state index < -0.39 is 173 Å². The summed E-state index contributed by atoms with van der Waals surface area (Å²) < 4.78 is 0. The van der Waals surface area contributed by atoms with Gasteiger partial charge in [0.25, 0.3) is 0 Å². The number of aliphatic hydroxyl groups excluding tert-OH is 2. The predicted octanol–water partition coefficient (Wildman–Crippen LogP) is 0.144. The molecule has 20 N–H and O–H groups in total. The van der Waals surface area contributed by atoms with Crippen molar-refractivity contribution < 1.29 is 92.8 Å². The van der Waals surface area contributed by atoms with Crippen molar-refractivity contribution in [2.45, 2.75) is 209 Å². The van der Waals surface area contributed by atoms with Gasteiger partial charge >= 0.3 is 5.97 Å². The Morgan fingerprint density at radius 3 is 1.75 bits per heavy atom. The number of amides is 12. The molecule has 5 heterocycles. The fraction of sp³-hybridized carbons (Fsp3) is 0.474. The van der Waals surface area contributed by atoms with Gasteiger partial charge in [0, 0.05) is 85.9 Å². The maximum Gasteiger partial charge on any atom is 0.303 e. The van der Waals surface area contributed by atoms with E-state index in [0.29, 0.717) is 50.7 Å². The Kier molecular flexibility index (Phi) is 31.9. The molecule has 0 saturated carbocycles. The maximum atomic E-state index is 15.3. The number of aliphatic carboxylic acids is 1. The van der Waals surface area contributed by atoms with Crippen LogP contribution in [0.5, 0.6) is 11.5 Å². The van der Waals surface area contributed by atoms with E-state index in [2.05, 4.69) is 73.1 Å². The zero-order chi connectivity index (χ0) is 83.1. The van der Waals surface area contributed by atoms with Crippen molar-refractivity contribution >= 4 is 111 Å². The Balaban J connectivity index is 1.14. The highest BCUT2D eigenvalue weighted by Gasteiger charge is 2.49. The summed E-state index contributed by atoms with van der Waals surface area (Å²) >= 11 is 2.69. The number of imidazole rings is 1. The third kappa shape index (κ3) is 25.2. The second-order valence-electron chi connectivity index (χ2n) is 29.8. The lowest BCUT2D eigenvalue weighted by Crippen LogP contribution is -2.65. The number of fused-ring (bicyclic) bond motifs is 4. The highest BCUT2D eigenvalue weighted by molar-refractivity contribution is 7.98. The highest BCUT2D eigenvalue weighted by atomic mass is 32.2. The number of thioether (sulfide) groups is 2. The molecular formula is C78H103N16O18S2+. The first-order valence-electron chi connectivity index (χ1n) is 37.6. The van der Waals surface area contributed by atoms with Crippen molar-refractivity contribution in [3.63, 3.8) is 0 Å². The number of nitrogens with zero attached hydrogens (tertiary/aromatic N) is 2. The van der Waals surface area contributed by atoms with Crippen molar-refractivity contribution in [3.8, 4) is 11.5 Å². The van der Waals surface area contributed by atoms with Gasteiger partial charge in [-0.2, -0.15) is 23.5 Å². The summed E-state index contributed by atoms with van der Waals surface area (Å²) in [4.78, 5) is 202. The number of carboxylic acid groups (broad SMARTS) is 1. The van der Waals surface area contributed by atoms with Gasteiger partial charge in [0.1, 0.15) is 95.0 Å². The summed E-state index contributed by atoms with van der Waals surface area (Å²) in [5.74, 6) is -11.7. The van der Waals surface area contributed by atoms with Crippen LogP contribution in [0.4, 0.5) is 0 Å². The lowest BCUT2D eigenvalue weighted by molar-refractivity contribution is -0.387. The molecule has 3 aromatic heterocycles. The van der Waals surface area contributed by atoms with Gasteiger partial charge in [-0.25, -0.2) is 9.97 Å². The van der Waals surface area contributed by atoms with Crippen molar-refractivity contribution in [2.24, 2.45) is 11.1 Å². The monoisotopic (exact) mass is 1620 g/mol. The van der Waals surface area contributed by atoms with Gasteiger partial charge in [-0.1, -0.05) is 82.6 Å². The number of aromatic amines is 3. The van der Waals surface area contributed by atoms with Crippen LogP contribution in [0.3, 0.4) is 0 Å². The van der Waals surface area contributed by atoms with E-state index in [-0.39, 0.29) is 81.6 Å². The Labute approximate surface area is 666 Å². The normalized spacial score (nSPS) is 24.6. The first kappa shape index (κ1) is 88.5. The average Bonchev–Trinajstić information content (AvgIpc) is 1.60. The van der Waals surface area contributed by atoms with E-state index in [0.717, 1.165) is 11.1 Å². The molecule has 8 rings (SSSR count). The first-order valence-corrected chi connectivity index (χ1v) is 39.9. The molecule has 2 aliphatic heterocycles. The van der Waals surface area contributed by atoms with Gasteiger partial charge in [0.2, 0.25) is 77.2 Å². The summed E-state index contributed by atoms with van der Waals surface area (Å²) in [6.45, 7) is 10.6. The van der Waals surface area contributed by atoms with E-state index in [4.69, 9.17) is 5.73 Å². The Bertz CT molecular complexity index is 4390. The Hall–Kier alpha value is -11.1. The molecule has 34 nitrogen and oxygen atoms in total. The van der Waals surface area contributed by atoms with Crippen LogP contribution in [-0.4, -0.2) is 218 Å². The van der Waals surface area contributed by atoms with Crippen LogP contribution in [0.15, 0.2) is 110 Å². The fourth-order valence-electron chi connectivity index (χ4n) is 13.2. The molecule has 0 spiro atoms. The lowest BCUT2D eigenvalue weighted by Gasteiger charge is -2.38. The van der Waals surface area contributed by atoms with Crippen molar-refractivity contribution in [3.05, 3.63) is 143 Å². The van der Waals surface area contributed by atoms with Crippen molar-refractivity contribution in [2.75, 3.05) is 18.1 Å². The zero-order valence-corrected chi connectivity index (χ0v) is 66.1. The minimum atomic E-state index is -1.90. The molecule has 6 aromatic rings. The SMILES string of the molecule is CCC[C@@H]1NC(=O)[C@H](Cc2c[nH]c3ncccc23)NC(=O)[C@H]([C@@H](C)O)NC(=O)[C@H](Cc2c[nH]c[nH+]2)NC(=O)[C@H](Cc2ccc(O)cc2)NC(=O)[C@H](C(C)(C)C)NC(=O)CCSCc2cccc(c2)CSC[C@@H](C(N)=O)NC(=O)[C@H]([C@@H](C)O)NC(=O)[C@]2(C)CCCN2C(=O)[C@H](Cc2ccc(O)cc2)NC(=O)[C@H](CCC(=O)O)NC1=O. The van der Waals surface area contributed by atoms with E-state index in [1.807, 2.05) is 24.3 Å². The molecule has 36 heteroatoms. The van der Waals surface area contributed by atoms with Crippen LogP contribution in [0.25, 0.3) is 11.0 Å². The standard InChI is InChI=1S/C78H102N16O18S2/c1-8-12-53-67(103)85-54(24-25-61(100)101)68(104)89-58(33-45-18-22-51(98)23-19-45)75(111)94-29-11-27-78(94,7)76(112)93-63(43(3)96)73(109)90-59(65(79)102)40-114-39-47-14-9-13-46(31-47)38-113-30-26-60(99)91-64(77(4,5)6)74(110)88-55(32-44-16-20-50(97)21-17-44)69(105)86-57(35-49-37-80-41-83-49)71(107)92-62(42(2)95)72(108)87-56(70(106)84-53)34-48-36-82-66-52(48)15-10-28-81-66/h9-10,13-23,28,31,36-37,41-43,53-59,62-64,95-98H,8,11-12,24-27,29-30,32-35,38-40H2,1-7H3,(H2,79,102)(H,80,83)(H,81,82)(H,84,106)(H,85,103)(H,86,105)(H,87,108)(H,88,110)(H,89,104)(H,90,109)(H,91,99)(H,92,107)(H,93,112)(H,100,101)/p+1/t42-,43-,53+,54+,55+,56+,57+,58+,59+,62+,63+,64-,78+/m1/s1. The van der Waals surface area contributed by atoms with Gasteiger partial charge in [-0.3, -0.25) is 67.3 Å². The second kappa shape index (κ2) is 41.1. The molecule has 0 unspecified atom stereocenters. The van der Waals surface area contributed by atoms with Crippen LogP contribution in [-0.2, 0) is 99.5 Å². The molecule has 614 valence electrons. The number of phenols is 2. The van der Waals surface area contributed by atoms with E-state index in [9.17, 15) is 78.3 Å². The number of nitrogens with one attached hydrogen (secondary N) is 13. The number of carbonyl (C=O) groups excluding carboxylic acids is 12. The number of aromatic nitrogens is 4. The molecular weight excluding hydrogens is 1510 g/mol. The minimum Gasteiger partial charge on any atom is -0.508 e. The number of hydrogen-bond acceptors (Lipinski definition) is 20. The molecule has 0 aliphatic carbocycles. The van der Waals surface area contributed by atoms with Crippen LogP contribution in [0.2, 0.25) is 0 Å². The van der Waals surface area contributed by atoms with Gasteiger partial charge < -0.3 is 94.3 Å². The van der Waals surface area contributed by atoms with E-state index in [1.165, 1.54) is 123 Å². The predicted molar refractivity (Wildman–Crippen MR) is 420 cm³/mol. The van der Waals surface area contributed by atoms with Gasteiger partial charge in [-0.05, 0) is 116 Å². The van der Waals surface area contributed by atoms with Gasteiger partial charge in [0.05, 0.1) is 12.2 Å². The second-order valence-corrected chi connectivity index (χ2v) is 32.0. The fourth-order valence-corrected chi connectivity index (χ4v) is 15.2. The quantitative estimate of drug-likeness (QED) is 0.0613. The summed E-state index contributed by atoms with van der Waals surface area (Å²) in [5.41, 5.74) is 6.79. The summed E-state index contributed by atoms with van der Waals surface area (Å²) in [5, 5.41) is 80.0. The first-order chi connectivity index (χ1) is 54.1. The summed E-state index contributed by atoms with van der Waals surface area (Å²) in [6.07, 6.45) is 0.434.